The molecule has 1 aliphatic carbocycles. The summed E-state index contributed by atoms with van der Waals surface area (Å²) in [5.41, 5.74) is 4.63. The minimum Gasteiger partial charge on any atom is -0.480 e. The second kappa shape index (κ2) is 12.0. The van der Waals surface area contributed by atoms with Crippen LogP contribution in [0.3, 0.4) is 0 Å². The van der Waals surface area contributed by atoms with Gasteiger partial charge in [0.15, 0.2) is 0 Å². The summed E-state index contributed by atoms with van der Waals surface area (Å²) < 4.78 is 27.2. The Morgan fingerprint density at radius 3 is 2.44 bits per heavy atom. The van der Waals surface area contributed by atoms with Crippen LogP contribution >= 0.6 is 0 Å². The predicted molar refractivity (Wildman–Crippen MR) is 126 cm³/mol. The minimum absolute atomic E-state index is 0.179. The summed E-state index contributed by atoms with van der Waals surface area (Å²) in [5, 5.41) is 11.3. The summed E-state index contributed by atoms with van der Waals surface area (Å²) in [4.78, 5) is 23.3. The first kappa shape index (κ1) is 27.6. The zero-order valence-electron chi connectivity index (χ0n) is 19.8. The topological polar surface area (TPSA) is 110 Å². The maximum absolute atomic E-state index is 12.1. The maximum atomic E-state index is 12.1. The molecule has 8 heteroatoms. The molecule has 1 atom stereocenters. The number of nitrogens with one attached hydrogen (secondary N) is 1. The van der Waals surface area contributed by atoms with Crippen molar-refractivity contribution in [1.29, 1.82) is 0 Å². The Bertz CT molecular complexity index is 964. The third-order valence-corrected chi connectivity index (χ3v) is 6.62. The van der Waals surface area contributed by atoms with Gasteiger partial charge in [-0.25, -0.2) is 4.79 Å². The first-order valence-corrected chi connectivity index (χ1v) is 12.1. The van der Waals surface area contributed by atoms with Crippen molar-refractivity contribution >= 4 is 22.0 Å². The molecule has 1 aliphatic rings. The molecule has 0 saturated heterocycles. The lowest BCUT2D eigenvalue weighted by molar-refractivity contribution is -0.140. The van der Waals surface area contributed by atoms with Crippen LogP contribution in [0.1, 0.15) is 53.9 Å². The number of hydrogen-bond acceptors (Lipinski definition) is 5. The number of rotatable bonds is 10. The molecule has 1 rings (SSSR count). The van der Waals surface area contributed by atoms with Crippen LogP contribution in [0.5, 0.6) is 0 Å². The van der Waals surface area contributed by atoms with Gasteiger partial charge in [-0.3, -0.25) is 8.98 Å². The average Bonchev–Trinajstić information content (AvgIpc) is 2.66. The Morgan fingerprint density at radius 2 is 1.88 bits per heavy atom. The van der Waals surface area contributed by atoms with Crippen LogP contribution in [0, 0.1) is 5.41 Å². The van der Waals surface area contributed by atoms with Crippen LogP contribution in [0.4, 0.5) is 0 Å². The van der Waals surface area contributed by atoms with Crippen LogP contribution in [-0.4, -0.2) is 44.3 Å². The number of amides is 1. The third kappa shape index (κ3) is 9.36. The van der Waals surface area contributed by atoms with Crippen molar-refractivity contribution < 1.29 is 27.3 Å². The van der Waals surface area contributed by atoms with E-state index in [1.807, 2.05) is 13.0 Å². The molecule has 0 aromatic carbocycles. The molecule has 1 amide bonds. The molecule has 32 heavy (non-hydrogen) atoms. The molecule has 0 aliphatic heterocycles. The smallest absolute Gasteiger partial charge is 0.327 e. The minimum atomic E-state index is -4.03. The Balaban J connectivity index is 2.78. The van der Waals surface area contributed by atoms with Gasteiger partial charge < -0.3 is 10.4 Å². The number of aliphatic carboxylic acids is 1. The van der Waals surface area contributed by atoms with E-state index < -0.39 is 33.8 Å². The SMILES string of the molecule is COS(=O)(=O)C[C@H](NC(=O)/C=C(\C)C=CC=C(C)C=CC1=C(C)CCCC1(C)C)C(=O)O. The zero-order valence-corrected chi connectivity index (χ0v) is 20.6. The maximum Gasteiger partial charge on any atom is 0.327 e. The Morgan fingerprint density at radius 1 is 1.22 bits per heavy atom. The largest absolute Gasteiger partial charge is 0.480 e. The molecule has 0 aromatic rings. The number of carboxylic acids is 1. The number of carbonyl (C=O) groups is 2. The van der Waals surface area contributed by atoms with Gasteiger partial charge in [-0.05, 0) is 56.6 Å². The highest BCUT2D eigenvalue weighted by atomic mass is 32.2. The van der Waals surface area contributed by atoms with Crippen LogP contribution in [0.2, 0.25) is 0 Å². The standard InChI is InChI=1S/C24H35NO6S/c1-17(12-13-20-19(3)11-8-14-24(20,4)5)9-7-10-18(2)15-22(26)25-21(23(27)28)16-32(29,30)31-6/h7,9-10,12-13,15,21H,8,11,14,16H2,1-6H3,(H,25,26)(H,27,28)/b10-7?,13-12?,17-9?,18-15+/t21-/m0/s1. The zero-order chi connectivity index (χ0) is 24.5. The van der Waals surface area contributed by atoms with Gasteiger partial charge in [0.2, 0.25) is 5.91 Å². The summed E-state index contributed by atoms with van der Waals surface area (Å²) in [6.07, 6.45) is 14.5. The van der Waals surface area contributed by atoms with Crippen LogP contribution in [0.25, 0.3) is 0 Å². The highest BCUT2D eigenvalue weighted by molar-refractivity contribution is 7.86. The van der Waals surface area contributed by atoms with Crippen molar-refractivity contribution in [3.63, 3.8) is 0 Å². The summed E-state index contributed by atoms with van der Waals surface area (Å²) >= 11 is 0. The van der Waals surface area contributed by atoms with Gasteiger partial charge in [0.05, 0.1) is 7.11 Å². The number of carboxylic acid groups (broad SMARTS) is 1. The lowest BCUT2D eigenvalue weighted by Gasteiger charge is -2.32. The highest BCUT2D eigenvalue weighted by Crippen LogP contribution is 2.40. The first-order valence-electron chi connectivity index (χ1n) is 10.5. The van der Waals surface area contributed by atoms with Crippen LogP contribution < -0.4 is 5.32 Å². The van der Waals surface area contributed by atoms with Gasteiger partial charge in [0.25, 0.3) is 10.1 Å². The van der Waals surface area contributed by atoms with Crippen molar-refractivity contribution in [2.24, 2.45) is 5.41 Å². The quantitative estimate of drug-likeness (QED) is 0.286. The second-order valence-corrected chi connectivity index (χ2v) is 10.5. The molecule has 0 fully saturated rings. The van der Waals surface area contributed by atoms with Gasteiger partial charge in [-0.15, -0.1) is 0 Å². The lowest BCUT2D eigenvalue weighted by atomic mass is 9.72. The molecule has 0 bridgehead atoms. The molecular formula is C24H35NO6S. The van der Waals surface area contributed by atoms with Crippen molar-refractivity contribution in [3.05, 3.63) is 58.7 Å². The fourth-order valence-corrected chi connectivity index (χ4v) is 4.32. The third-order valence-electron chi connectivity index (χ3n) is 5.37. The van der Waals surface area contributed by atoms with Gasteiger partial charge in [-0.1, -0.05) is 55.4 Å². The van der Waals surface area contributed by atoms with E-state index in [-0.39, 0.29) is 5.41 Å². The van der Waals surface area contributed by atoms with Crippen LogP contribution in [-0.2, 0) is 23.9 Å². The van der Waals surface area contributed by atoms with Gasteiger partial charge in [-0.2, -0.15) is 8.42 Å². The lowest BCUT2D eigenvalue weighted by Crippen LogP contribution is -2.45. The van der Waals surface area contributed by atoms with Crippen LogP contribution in [0.15, 0.2) is 58.7 Å². The molecular weight excluding hydrogens is 430 g/mol. The van der Waals surface area contributed by atoms with Gasteiger partial charge >= 0.3 is 5.97 Å². The van der Waals surface area contributed by atoms with Crippen molar-refractivity contribution in [3.8, 4) is 0 Å². The number of hydrogen-bond donors (Lipinski definition) is 2. The fourth-order valence-electron chi connectivity index (χ4n) is 3.55. The second-order valence-electron chi connectivity index (χ2n) is 8.71. The van der Waals surface area contributed by atoms with Crippen molar-refractivity contribution in [1.82, 2.24) is 5.32 Å². The Kier molecular flexibility index (Phi) is 10.3. The molecule has 0 radical (unpaired) electrons. The van der Waals surface area contributed by atoms with E-state index in [0.29, 0.717) is 5.57 Å². The fraction of sp³-hybridized carbons (Fsp3) is 0.500. The van der Waals surface area contributed by atoms with Crippen molar-refractivity contribution in [2.45, 2.75) is 59.9 Å². The average molecular weight is 466 g/mol. The molecule has 0 saturated carbocycles. The van der Waals surface area contributed by atoms with Gasteiger partial charge in [0, 0.05) is 6.08 Å². The normalized spacial score (nSPS) is 18.9. The molecule has 0 aromatic heterocycles. The summed E-state index contributed by atoms with van der Waals surface area (Å²) in [7, 11) is -3.10. The van der Waals surface area contributed by atoms with E-state index in [9.17, 15) is 18.0 Å². The van der Waals surface area contributed by atoms with E-state index in [2.05, 4.69) is 42.4 Å². The molecule has 7 nitrogen and oxygen atoms in total. The first-order chi connectivity index (χ1) is 14.8. The summed E-state index contributed by atoms with van der Waals surface area (Å²) in [6, 6.07) is -1.60. The molecule has 2 N–H and O–H groups in total. The Labute approximate surface area is 191 Å². The molecule has 0 spiro atoms. The van der Waals surface area contributed by atoms with Gasteiger partial charge in [0.1, 0.15) is 11.8 Å². The van der Waals surface area contributed by atoms with E-state index in [1.54, 1.807) is 19.1 Å². The molecule has 0 heterocycles. The van der Waals surface area contributed by atoms with E-state index in [0.717, 1.165) is 19.1 Å². The molecule has 178 valence electrons. The Hall–Kier alpha value is -2.45. The van der Waals surface area contributed by atoms with E-state index in [4.69, 9.17) is 5.11 Å². The van der Waals surface area contributed by atoms with E-state index in [1.165, 1.54) is 30.1 Å². The van der Waals surface area contributed by atoms with E-state index >= 15 is 0 Å². The number of allylic oxidation sites excluding steroid dienone is 9. The number of carbonyl (C=O) groups excluding carboxylic acids is 1. The molecule has 0 unspecified atom stereocenters. The van der Waals surface area contributed by atoms with Crippen molar-refractivity contribution in [2.75, 3.05) is 12.9 Å². The highest BCUT2D eigenvalue weighted by Gasteiger charge is 2.27. The monoisotopic (exact) mass is 465 g/mol. The summed E-state index contributed by atoms with van der Waals surface area (Å²) in [5.74, 6) is -3.01. The summed E-state index contributed by atoms with van der Waals surface area (Å²) in [6.45, 7) is 10.4. The predicted octanol–water partition coefficient (Wildman–Crippen LogP) is 4.06.